The Balaban J connectivity index is 2.98. The molecule has 1 aromatic carbocycles. The Kier molecular flexibility index (Phi) is 7.59. The summed E-state index contributed by atoms with van der Waals surface area (Å²) in [4.78, 5) is 2.34. The Morgan fingerprint density at radius 1 is 1.25 bits per heavy atom. The molecule has 0 aliphatic rings. The first-order valence-corrected chi connectivity index (χ1v) is 7.50. The summed E-state index contributed by atoms with van der Waals surface area (Å²) in [5, 5.41) is 9.20. The quantitative estimate of drug-likeness (QED) is 0.729. The SMILES string of the molecule is CCCOc1ccc([C@@H](N)CO)cc1CN(CC)CC. The topological polar surface area (TPSA) is 58.7 Å². The fourth-order valence-corrected chi connectivity index (χ4v) is 2.10. The average molecular weight is 280 g/mol. The second-order valence-electron chi connectivity index (χ2n) is 4.97. The molecule has 1 rings (SSSR count). The number of nitrogens with zero attached hydrogens (tertiary/aromatic N) is 1. The van der Waals surface area contributed by atoms with Gasteiger partial charge in [0.05, 0.1) is 19.3 Å². The third-order valence-electron chi connectivity index (χ3n) is 3.46. The summed E-state index contributed by atoms with van der Waals surface area (Å²) in [6.07, 6.45) is 0.989. The molecule has 0 bridgehead atoms. The number of benzene rings is 1. The van der Waals surface area contributed by atoms with Crippen molar-refractivity contribution in [2.24, 2.45) is 5.73 Å². The van der Waals surface area contributed by atoms with Crippen LogP contribution in [0.4, 0.5) is 0 Å². The number of nitrogens with two attached hydrogens (primary N) is 1. The highest BCUT2D eigenvalue weighted by Gasteiger charge is 2.12. The van der Waals surface area contributed by atoms with Gasteiger partial charge in [-0.2, -0.15) is 0 Å². The van der Waals surface area contributed by atoms with E-state index < -0.39 is 0 Å². The molecule has 0 spiro atoms. The van der Waals surface area contributed by atoms with Crippen LogP contribution in [0.1, 0.15) is 44.4 Å². The van der Waals surface area contributed by atoms with Gasteiger partial charge in [-0.1, -0.05) is 26.8 Å². The first-order chi connectivity index (χ1) is 9.65. The molecule has 0 heterocycles. The van der Waals surface area contributed by atoms with E-state index in [1.807, 2.05) is 12.1 Å². The van der Waals surface area contributed by atoms with Crippen LogP contribution in [-0.2, 0) is 6.54 Å². The molecular formula is C16H28N2O2. The molecule has 0 radical (unpaired) electrons. The Hall–Kier alpha value is -1.10. The van der Waals surface area contributed by atoms with E-state index in [1.54, 1.807) is 0 Å². The predicted molar refractivity (Wildman–Crippen MR) is 82.9 cm³/mol. The molecule has 114 valence electrons. The molecule has 1 aromatic rings. The van der Waals surface area contributed by atoms with Crippen LogP contribution in [0, 0.1) is 0 Å². The van der Waals surface area contributed by atoms with Crippen molar-refractivity contribution >= 4 is 0 Å². The minimum Gasteiger partial charge on any atom is -0.493 e. The van der Waals surface area contributed by atoms with Gasteiger partial charge in [0, 0.05) is 12.1 Å². The van der Waals surface area contributed by atoms with Crippen molar-refractivity contribution in [3.63, 3.8) is 0 Å². The number of rotatable bonds is 9. The molecule has 0 fully saturated rings. The molecule has 0 aromatic heterocycles. The highest BCUT2D eigenvalue weighted by molar-refractivity contribution is 5.38. The third-order valence-corrected chi connectivity index (χ3v) is 3.46. The lowest BCUT2D eigenvalue weighted by Gasteiger charge is -2.21. The summed E-state index contributed by atoms with van der Waals surface area (Å²) in [7, 11) is 0. The Labute approximate surface area is 122 Å². The maximum Gasteiger partial charge on any atom is 0.123 e. The second kappa shape index (κ2) is 8.95. The molecule has 0 saturated heterocycles. The highest BCUT2D eigenvalue weighted by Crippen LogP contribution is 2.24. The Morgan fingerprint density at radius 2 is 1.95 bits per heavy atom. The largest absolute Gasteiger partial charge is 0.493 e. The number of hydrogen-bond acceptors (Lipinski definition) is 4. The van der Waals surface area contributed by atoms with Gasteiger partial charge in [0.2, 0.25) is 0 Å². The summed E-state index contributed by atoms with van der Waals surface area (Å²) >= 11 is 0. The van der Waals surface area contributed by atoms with Gasteiger partial charge in [0.1, 0.15) is 5.75 Å². The van der Waals surface area contributed by atoms with E-state index in [-0.39, 0.29) is 12.6 Å². The van der Waals surface area contributed by atoms with Crippen molar-refractivity contribution < 1.29 is 9.84 Å². The minimum atomic E-state index is -0.328. The lowest BCUT2D eigenvalue weighted by Crippen LogP contribution is -2.23. The highest BCUT2D eigenvalue weighted by atomic mass is 16.5. The van der Waals surface area contributed by atoms with E-state index in [1.165, 1.54) is 0 Å². The Morgan fingerprint density at radius 3 is 2.50 bits per heavy atom. The predicted octanol–water partition coefficient (Wildman–Crippen LogP) is 2.31. The van der Waals surface area contributed by atoms with Crippen molar-refractivity contribution in [1.82, 2.24) is 4.90 Å². The van der Waals surface area contributed by atoms with Gasteiger partial charge < -0.3 is 15.6 Å². The maximum absolute atomic E-state index is 9.20. The van der Waals surface area contributed by atoms with E-state index in [9.17, 15) is 5.11 Å². The van der Waals surface area contributed by atoms with Gasteiger partial charge in [0.25, 0.3) is 0 Å². The van der Waals surface area contributed by atoms with Gasteiger partial charge in [0.15, 0.2) is 0 Å². The first-order valence-electron chi connectivity index (χ1n) is 7.50. The third kappa shape index (κ3) is 4.78. The van der Waals surface area contributed by atoms with Gasteiger partial charge in [-0.05, 0) is 37.2 Å². The molecule has 0 aliphatic heterocycles. The van der Waals surface area contributed by atoms with Crippen LogP contribution in [-0.4, -0.2) is 36.3 Å². The van der Waals surface area contributed by atoms with Crippen molar-refractivity contribution in [3.05, 3.63) is 29.3 Å². The van der Waals surface area contributed by atoms with E-state index in [0.29, 0.717) is 0 Å². The molecule has 0 amide bonds. The van der Waals surface area contributed by atoms with E-state index in [2.05, 4.69) is 31.7 Å². The van der Waals surface area contributed by atoms with Crippen molar-refractivity contribution in [3.8, 4) is 5.75 Å². The zero-order chi connectivity index (χ0) is 15.0. The lowest BCUT2D eigenvalue weighted by molar-refractivity contribution is 0.265. The number of hydrogen-bond donors (Lipinski definition) is 2. The molecule has 0 aliphatic carbocycles. The summed E-state index contributed by atoms with van der Waals surface area (Å²) in [6, 6.07) is 5.65. The van der Waals surface area contributed by atoms with Gasteiger partial charge in [-0.15, -0.1) is 0 Å². The van der Waals surface area contributed by atoms with Gasteiger partial charge >= 0.3 is 0 Å². The second-order valence-corrected chi connectivity index (χ2v) is 4.97. The lowest BCUT2D eigenvalue weighted by atomic mass is 10.0. The van der Waals surface area contributed by atoms with Crippen LogP contribution in [0.3, 0.4) is 0 Å². The summed E-state index contributed by atoms with van der Waals surface area (Å²) in [5.41, 5.74) is 8.00. The molecule has 0 saturated carbocycles. The normalized spacial score (nSPS) is 12.7. The summed E-state index contributed by atoms with van der Waals surface area (Å²) < 4.78 is 5.81. The molecule has 3 N–H and O–H groups in total. The Bertz CT molecular complexity index is 392. The van der Waals surface area contributed by atoms with Gasteiger partial charge in [-0.25, -0.2) is 0 Å². The number of aliphatic hydroxyl groups is 1. The zero-order valence-corrected chi connectivity index (χ0v) is 12.9. The van der Waals surface area contributed by atoms with Gasteiger partial charge in [-0.3, -0.25) is 4.90 Å². The van der Waals surface area contributed by atoms with Crippen molar-refractivity contribution in [1.29, 1.82) is 0 Å². The van der Waals surface area contributed by atoms with Crippen LogP contribution in [0.15, 0.2) is 18.2 Å². The molecule has 0 unspecified atom stereocenters. The minimum absolute atomic E-state index is 0.0418. The zero-order valence-electron chi connectivity index (χ0n) is 12.9. The molecule has 20 heavy (non-hydrogen) atoms. The molecule has 4 heteroatoms. The van der Waals surface area contributed by atoms with E-state index in [0.717, 1.165) is 49.5 Å². The van der Waals surface area contributed by atoms with Crippen LogP contribution in [0.25, 0.3) is 0 Å². The number of ether oxygens (including phenoxy) is 1. The molecule has 4 nitrogen and oxygen atoms in total. The van der Waals surface area contributed by atoms with Crippen molar-refractivity contribution in [2.45, 2.75) is 39.8 Å². The smallest absolute Gasteiger partial charge is 0.123 e. The average Bonchev–Trinajstić information content (AvgIpc) is 2.50. The van der Waals surface area contributed by atoms with Crippen LogP contribution in [0.2, 0.25) is 0 Å². The number of aliphatic hydroxyl groups excluding tert-OH is 1. The fraction of sp³-hybridized carbons (Fsp3) is 0.625. The fourth-order valence-electron chi connectivity index (χ4n) is 2.10. The van der Waals surface area contributed by atoms with Crippen LogP contribution < -0.4 is 10.5 Å². The van der Waals surface area contributed by atoms with E-state index >= 15 is 0 Å². The molecule has 1 atom stereocenters. The monoisotopic (exact) mass is 280 g/mol. The van der Waals surface area contributed by atoms with Crippen molar-refractivity contribution in [2.75, 3.05) is 26.3 Å². The first kappa shape index (κ1) is 17.0. The maximum atomic E-state index is 9.20. The van der Waals surface area contributed by atoms with Crippen LogP contribution >= 0.6 is 0 Å². The summed E-state index contributed by atoms with van der Waals surface area (Å²) in [6.45, 7) is 9.92. The standard InChI is InChI=1S/C16H28N2O2/c1-4-9-20-16-8-7-13(15(17)12-19)10-14(16)11-18(5-2)6-3/h7-8,10,15,19H,4-6,9,11-12,17H2,1-3H3/t15-/m0/s1. The molecular weight excluding hydrogens is 252 g/mol. The van der Waals surface area contributed by atoms with E-state index in [4.69, 9.17) is 10.5 Å². The summed E-state index contributed by atoms with van der Waals surface area (Å²) in [5.74, 6) is 0.924. The van der Waals surface area contributed by atoms with Crippen LogP contribution in [0.5, 0.6) is 5.75 Å².